The number of amides is 1. The van der Waals surface area contributed by atoms with Gasteiger partial charge in [-0.05, 0) is 31.0 Å². The molecule has 0 saturated carbocycles. The zero-order valence-corrected chi connectivity index (χ0v) is 10.8. The molecule has 0 radical (unpaired) electrons. The van der Waals surface area contributed by atoms with Gasteiger partial charge in [-0.3, -0.25) is 4.79 Å². The summed E-state index contributed by atoms with van der Waals surface area (Å²) >= 11 is 0. The first kappa shape index (κ1) is 12.4. The molecule has 5 heteroatoms. The predicted molar refractivity (Wildman–Crippen MR) is 71.2 cm³/mol. The number of ether oxygens (including phenoxy) is 2. The SMILES string of the molecule is O=C(Nc1ccc2c(c1)CNCCO2)[C@@H]1CCCO1. The van der Waals surface area contributed by atoms with Crippen LogP contribution in [-0.4, -0.2) is 31.8 Å². The summed E-state index contributed by atoms with van der Waals surface area (Å²) in [4.78, 5) is 12.0. The second-order valence-electron chi connectivity index (χ2n) is 4.84. The van der Waals surface area contributed by atoms with Gasteiger partial charge in [0, 0.05) is 30.9 Å². The third-order valence-corrected chi connectivity index (χ3v) is 3.40. The minimum absolute atomic E-state index is 0.0556. The minimum Gasteiger partial charge on any atom is -0.492 e. The van der Waals surface area contributed by atoms with Crippen LogP contribution in [0.1, 0.15) is 18.4 Å². The summed E-state index contributed by atoms with van der Waals surface area (Å²) in [5, 5.41) is 6.18. The largest absolute Gasteiger partial charge is 0.492 e. The highest BCUT2D eigenvalue weighted by molar-refractivity contribution is 5.94. The molecule has 0 aromatic heterocycles. The number of carbonyl (C=O) groups is 1. The van der Waals surface area contributed by atoms with Crippen LogP contribution in [0.2, 0.25) is 0 Å². The monoisotopic (exact) mass is 262 g/mol. The van der Waals surface area contributed by atoms with Gasteiger partial charge in [0.1, 0.15) is 18.5 Å². The van der Waals surface area contributed by atoms with Gasteiger partial charge in [0.25, 0.3) is 5.91 Å². The molecule has 0 bridgehead atoms. The smallest absolute Gasteiger partial charge is 0.253 e. The van der Waals surface area contributed by atoms with Crippen LogP contribution in [0, 0.1) is 0 Å². The maximum atomic E-state index is 12.0. The Morgan fingerprint density at radius 3 is 3.16 bits per heavy atom. The van der Waals surface area contributed by atoms with Crippen LogP contribution < -0.4 is 15.4 Å². The van der Waals surface area contributed by atoms with Gasteiger partial charge in [0.15, 0.2) is 0 Å². The standard InChI is InChI=1S/C14H18N2O3/c17-14(13-2-1-6-18-13)16-11-3-4-12-10(8-11)9-15-5-7-19-12/h3-4,8,13,15H,1-2,5-7,9H2,(H,16,17)/t13-/m0/s1. The molecule has 0 spiro atoms. The number of nitrogens with one attached hydrogen (secondary N) is 2. The number of hydrogen-bond acceptors (Lipinski definition) is 4. The summed E-state index contributed by atoms with van der Waals surface area (Å²) in [6.45, 7) is 2.96. The van der Waals surface area contributed by atoms with E-state index in [4.69, 9.17) is 9.47 Å². The van der Waals surface area contributed by atoms with E-state index in [-0.39, 0.29) is 12.0 Å². The van der Waals surface area contributed by atoms with Crippen LogP contribution in [0.5, 0.6) is 5.75 Å². The summed E-state index contributed by atoms with van der Waals surface area (Å²) in [6.07, 6.45) is 1.47. The number of anilines is 1. The molecule has 1 amide bonds. The van der Waals surface area contributed by atoms with Gasteiger partial charge >= 0.3 is 0 Å². The lowest BCUT2D eigenvalue weighted by atomic mass is 10.1. The first-order chi connectivity index (χ1) is 9.33. The molecule has 2 N–H and O–H groups in total. The maximum absolute atomic E-state index is 12.0. The van der Waals surface area contributed by atoms with Crippen molar-refractivity contribution in [1.29, 1.82) is 0 Å². The molecule has 1 aromatic carbocycles. The molecule has 102 valence electrons. The second kappa shape index (κ2) is 5.59. The molecule has 1 atom stereocenters. The molecule has 2 aliphatic heterocycles. The Labute approximate surface area is 112 Å². The van der Waals surface area contributed by atoms with Gasteiger partial charge in [0.2, 0.25) is 0 Å². The van der Waals surface area contributed by atoms with Gasteiger partial charge in [-0.1, -0.05) is 0 Å². The van der Waals surface area contributed by atoms with Crippen molar-refractivity contribution < 1.29 is 14.3 Å². The highest BCUT2D eigenvalue weighted by Gasteiger charge is 2.23. The first-order valence-corrected chi connectivity index (χ1v) is 6.72. The molecule has 2 aliphatic rings. The average Bonchev–Trinajstić information content (AvgIpc) is 2.85. The molecular weight excluding hydrogens is 244 g/mol. The molecule has 1 aromatic rings. The van der Waals surface area contributed by atoms with E-state index in [2.05, 4.69) is 10.6 Å². The van der Waals surface area contributed by atoms with Crippen molar-refractivity contribution in [2.45, 2.75) is 25.5 Å². The molecule has 0 aliphatic carbocycles. The van der Waals surface area contributed by atoms with Crippen LogP contribution in [0.4, 0.5) is 5.69 Å². The van der Waals surface area contributed by atoms with Gasteiger partial charge in [0.05, 0.1) is 0 Å². The highest BCUT2D eigenvalue weighted by Crippen LogP contribution is 2.24. The maximum Gasteiger partial charge on any atom is 0.253 e. The van der Waals surface area contributed by atoms with Crippen molar-refractivity contribution in [3.05, 3.63) is 23.8 Å². The molecule has 2 heterocycles. The van der Waals surface area contributed by atoms with E-state index in [1.54, 1.807) is 0 Å². The molecular formula is C14H18N2O3. The van der Waals surface area contributed by atoms with E-state index in [0.29, 0.717) is 13.2 Å². The molecule has 1 fully saturated rings. The second-order valence-corrected chi connectivity index (χ2v) is 4.84. The fraction of sp³-hybridized carbons (Fsp3) is 0.500. The van der Waals surface area contributed by atoms with Crippen molar-refractivity contribution in [3.63, 3.8) is 0 Å². The number of fused-ring (bicyclic) bond motifs is 1. The lowest BCUT2D eigenvalue weighted by molar-refractivity contribution is -0.124. The third kappa shape index (κ3) is 2.88. The topological polar surface area (TPSA) is 59.6 Å². The summed E-state index contributed by atoms with van der Waals surface area (Å²) in [5.41, 5.74) is 1.87. The van der Waals surface area contributed by atoms with Crippen LogP contribution in [0.25, 0.3) is 0 Å². The fourth-order valence-electron chi connectivity index (χ4n) is 2.40. The van der Waals surface area contributed by atoms with Crippen LogP contribution in [-0.2, 0) is 16.1 Å². The Morgan fingerprint density at radius 1 is 1.37 bits per heavy atom. The van der Waals surface area contributed by atoms with Gasteiger partial charge in [-0.25, -0.2) is 0 Å². The van der Waals surface area contributed by atoms with Gasteiger partial charge in [-0.15, -0.1) is 0 Å². The van der Waals surface area contributed by atoms with E-state index in [9.17, 15) is 4.79 Å². The van der Waals surface area contributed by atoms with E-state index in [0.717, 1.165) is 42.9 Å². The molecule has 0 unspecified atom stereocenters. The van der Waals surface area contributed by atoms with Crippen LogP contribution in [0.15, 0.2) is 18.2 Å². The minimum atomic E-state index is -0.298. The Bertz CT molecular complexity index is 470. The molecule has 1 saturated heterocycles. The van der Waals surface area contributed by atoms with Crippen LogP contribution >= 0.6 is 0 Å². The van der Waals surface area contributed by atoms with Crippen molar-refractivity contribution >= 4 is 11.6 Å². The normalized spacial score (nSPS) is 22.2. The van der Waals surface area contributed by atoms with Crippen LogP contribution in [0.3, 0.4) is 0 Å². The van der Waals surface area contributed by atoms with Crippen molar-refractivity contribution in [3.8, 4) is 5.75 Å². The summed E-state index contributed by atoms with van der Waals surface area (Å²) < 4.78 is 11.0. The number of benzene rings is 1. The Kier molecular flexibility index (Phi) is 3.66. The number of hydrogen-bond donors (Lipinski definition) is 2. The van der Waals surface area contributed by atoms with Gasteiger partial charge < -0.3 is 20.1 Å². The summed E-state index contributed by atoms with van der Waals surface area (Å²) in [6, 6.07) is 5.74. The summed E-state index contributed by atoms with van der Waals surface area (Å²) in [5.74, 6) is 0.833. The molecule has 5 nitrogen and oxygen atoms in total. The first-order valence-electron chi connectivity index (χ1n) is 6.72. The average molecular weight is 262 g/mol. The third-order valence-electron chi connectivity index (χ3n) is 3.40. The lowest BCUT2D eigenvalue weighted by Crippen LogP contribution is -2.26. The Morgan fingerprint density at radius 2 is 2.32 bits per heavy atom. The van der Waals surface area contributed by atoms with E-state index >= 15 is 0 Å². The molecule has 3 rings (SSSR count). The van der Waals surface area contributed by atoms with Crippen molar-refractivity contribution in [2.75, 3.05) is 25.1 Å². The zero-order chi connectivity index (χ0) is 13.1. The Hall–Kier alpha value is -1.59. The van der Waals surface area contributed by atoms with E-state index < -0.39 is 0 Å². The zero-order valence-electron chi connectivity index (χ0n) is 10.8. The Balaban J connectivity index is 1.71. The number of carbonyl (C=O) groups excluding carboxylic acids is 1. The summed E-state index contributed by atoms with van der Waals surface area (Å²) in [7, 11) is 0. The predicted octanol–water partition coefficient (Wildman–Crippen LogP) is 1.29. The quantitative estimate of drug-likeness (QED) is 0.843. The molecule has 19 heavy (non-hydrogen) atoms. The van der Waals surface area contributed by atoms with E-state index in [1.807, 2.05) is 18.2 Å². The fourth-order valence-corrected chi connectivity index (χ4v) is 2.40. The lowest BCUT2D eigenvalue weighted by Gasteiger charge is -2.12. The number of rotatable bonds is 2. The highest BCUT2D eigenvalue weighted by atomic mass is 16.5. The van der Waals surface area contributed by atoms with Crippen molar-refractivity contribution in [1.82, 2.24) is 5.32 Å². The van der Waals surface area contributed by atoms with Crippen molar-refractivity contribution in [2.24, 2.45) is 0 Å². The van der Waals surface area contributed by atoms with E-state index in [1.165, 1.54) is 0 Å². The van der Waals surface area contributed by atoms with Gasteiger partial charge in [-0.2, -0.15) is 0 Å².